The summed E-state index contributed by atoms with van der Waals surface area (Å²) in [5.41, 5.74) is 1.60. The van der Waals surface area contributed by atoms with Crippen LogP contribution in [0, 0.1) is 0 Å². The Labute approximate surface area is 110 Å². The number of fused-ring (bicyclic) bond motifs is 1. The van der Waals surface area contributed by atoms with Crippen molar-refractivity contribution in [3.05, 3.63) is 35.4 Å². The van der Waals surface area contributed by atoms with E-state index in [0.717, 1.165) is 5.56 Å². The SMILES string of the molecule is O=C1CCC[C@H](N2Cc3ccccc3C2=O)C(=O)N1. The first-order chi connectivity index (χ1) is 9.16. The van der Waals surface area contributed by atoms with Crippen LogP contribution in [0.1, 0.15) is 35.2 Å². The van der Waals surface area contributed by atoms with Gasteiger partial charge in [-0.05, 0) is 24.5 Å². The largest absolute Gasteiger partial charge is 0.322 e. The average Bonchev–Trinajstić information content (AvgIpc) is 2.62. The minimum atomic E-state index is -0.536. The first-order valence-electron chi connectivity index (χ1n) is 6.39. The predicted molar refractivity (Wildman–Crippen MR) is 67.1 cm³/mol. The van der Waals surface area contributed by atoms with Crippen LogP contribution in [0.5, 0.6) is 0 Å². The molecule has 1 atom stereocenters. The molecule has 0 bridgehead atoms. The van der Waals surface area contributed by atoms with Crippen LogP contribution in [0.2, 0.25) is 0 Å². The molecular formula is C14H14N2O3. The van der Waals surface area contributed by atoms with Gasteiger partial charge in [-0.1, -0.05) is 18.2 Å². The van der Waals surface area contributed by atoms with Gasteiger partial charge in [-0.2, -0.15) is 0 Å². The van der Waals surface area contributed by atoms with Crippen LogP contribution in [0.3, 0.4) is 0 Å². The highest BCUT2D eigenvalue weighted by Gasteiger charge is 2.37. The highest BCUT2D eigenvalue weighted by molar-refractivity contribution is 6.04. The van der Waals surface area contributed by atoms with Crippen molar-refractivity contribution in [1.29, 1.82) is 0 Å². The molecule has 3 rings (SSSR count). The number of amides is 3. The molecule has 1 aromatic rings. The van der Waals surface area contributed by atoms with Crippen LogP contribution < -0.4 is 5.32 Å². The van der Waals surface area contributed by atoms with E-state index in [9.17, 15) is 14.4 Å². The normalized spacial score (nSPS) is 23.1. The topological polar surface area (TPSA) is 66.5 Å². The van der Waals surface area contributed by atoms with Crippen molar-refractivity contribution in [3.63, 3.8) is 0 Å². The van der Waals surface area contributed by atoms with Crippen LogP contribution >= 0.6 is 0 Å². The van der Waals surface area contributed by atoms with Crippen molar-refractivity contribution < 1.29 is 14.4 Å². The summed E-state index contributed by atoms with van der Waals surface area (Å²) in [5.74, 6) is -0.731. The minimum Gasteiger partial charge on any atom is -0.322 e. The molecule has 5 nitrogen and oxygen atoms in total. The quantitative estimate of drug-likeness (QED) is 0.759. The molecule has 2 heterocycles. The summed E-state index contributed by atoms with van der Waals surface area (Å²) in [5, 5.41) is 2.34. The summed E-state index contributed by atoms with van der Waals surface area (Å²) in [6, 6.07) is 6.83. The van der Waals surface area contributed by atoms with Crippen LogP contribution in [-0.2, 0) is 16.1 Å². The molecule has 0 radical (unpaired) electrons. The van der Waals surface area contributed by atoms with E-state index >= 15 is 0 Å². The molecule has 3 amide bonds. The van der Waals surface area contributed by atoms with E-state index in [4.69, 9.17) is 0 Å². The Morgan fingerprint density at radius 3 is 2.74 bits per heavy atom. The zero-order valence-electron chi connectivity index (χ0n) is 10.4. The number of hydrogen-bond acceptors (Lipinski definition) is 3. The Morgan fingerprint density at radius 2 is 1.95 bits per heavy atom. The molecule has 2 aliphatic rings. The molecule has 1 N–H and O–H groups in total. The first-order valence-corrected chi connectivity index (χ1v) is 6.39. The van der Waals surface area contributed by atoms with E-state index in [1.807, 2.05) is 18.2 Å². The van der Waals surface area contributed by atoms with Gasteiger partial charge in [-0.25, -0.2) is 0 Å². The summed E-state index contributed by atoms with van der Waals surface area (Å²) < 4.78 is 0. The van der Waals surface area contributed by atoms with E-state index in [-0.39, 0.29) is 17.7 Å². The fourth-order valence-electron chi connectivity index (χ4n) is 2.70. The summed E-state index contributed by atoms with van der Waals surface area (Å²) in [6.07, 6.45) is 1.51. The molecule has 1 saturated heterocycles. The molecule has 2 aliphatic heterocycles. The molecule has 0 unspecified atom stereocenters. The monoisotopic (exact) mass is 258 g/mol. The van der Waals surface area contributed by atoms with Crippen LogP contribution in [-0.4, -0.2) is 28.7 Å². The lowest BCUT2D eigenvalue weighted by Gasteiger charge is -2.24. The predicted octanol–water partition coefficient (Wildman–Crippen LogP) is 0.838. The molecule has 19 heavy (non-hydrogen) atoms. The highest BCUT2D eigenvalue weighted by atomic mass is 16.2. The lowest BCUT2D eigenvalue weighted by atomic mass is 10.1. The summed E-state index contributed by atoms with van der Waals surface area (Å²) in [4.78, 5) is 37.2. The molecule has 5 heteroatoms. The summed E-state index contributed by atoms with van der Waals surface area (Å²) in [7, 11) is 0. The van der Waals surface area contributed by atoms with Gasteiger partial charge in [0.25, 0.3) is 5.91 Å². The van der Waals surface area contributed by atoms with E-state index in [1.54, 1.807) is 11.0 Å². The number of carbonyl (C=O) groups excluding carboxylic acids is 3. The molecular weight excluding hydrogens is 244 g/mol. The van der Waals surface area contributed by atoms with Gasteiger partial charge in [0.2, 0.25) is 11.8 Å². The summed E-state index contributed by atoms with van der Waals surface area (Å²) in [6.45, 7) is 0.446. The standard InChI is InChI=1S/C14H14N2O3/c17-12-7-3-6-11(13(18)15-12)16-8-9-4-1-2-5-10(9)14(16)19/h1-2,4-5,11H,3,6-8H2,(H,15,17,18)/t11-/m0/s1. The van der Waals surface area contributed by atoms with E-state index < -0.39 is 6.04 Å². The van der Waals surface area contributed by atoms with Crippen molar-refractivity contribution in [1.82, 2.24) is 10.2 Å². The van der Waals surface area contributed by atoms with Crippen molar-refractivity contribution in [2.24, 2.45) is 0 Å². The van der Waals surface area contributed by atoms with Gasteiger partial charge in [-0.3, -0.25) is 19.7 Å². The fraction of sp³-hybridized carbons (Fsp3) is 0.357. The Bertz CT molecular complexity index is 568. The zero-order valence-corrected chi connectivity index (χ0v) is 10.4. The van der Waals surface area contributed by atoms with Crippen molar-refractivity contribution in [3.8, 4) is 0 Å². The van der Waals surface area contributed by atoms with Crippen molar-refractivity contribution >= 4 is 17.7 Å². The Morgan fingerprint density at radius 1 is 1.16 bits per heavy atom. The molecule has 0 aromatic heterocycles. The van der Waals surface area contributed by atoms with Gasteiger partial charge >= 0.3 is 0 Å². The number of nitrogens with zero attached hydrogens (tertiary/aromatic N) is 1. The smallest absolute Gasteiger partial charge is 0.255 e. The fourth-order valence-corrected chi connectivity index (χ4v) is 2.70. The third-order valence-corrected chi connectivity index (χ3v) is 3.67. The Hall–Kier alpha value is -2.17. The number of benzene rings is 1. The van der Waals surface area contributed by atoms with Crippen molar-refractivity contribution in [2.45, 2.75) is 31.8 Å². The average molecular weight is 258 g/mol. The lowest BCUT2D eigenvalue weighted by Crippen LogP contribution is -2.46. The maximum Gasteiger partial charge on any atom is 0.255 e. The number of rotatable bonds is 1. The Balaban J connectivity index is 1.86. The maximum absolute atomic E-state index is 12.3. The third-order valence-electron chi connectivity index (χ3n) is 3.67. The molecule has 1 fully saturated rings. The van der Waals surface area contributed by atoms with Gasteiger partial charge < -0.3 is 4.90 Å². The number of nitrogens with one attached hydrogen (secondary N) is 1. The van der Waals surface area contributed by atoms with Crippen LogP contribution in [0.15, 0.2) is 24.3 Å². The van der Waals surface area contributed by atoms with Gasteiger partial charge in [0.05, 0.1) is 0 Å². The minimum absolute atomic E-state index is 0.120. The second-order valence-electron chi connectivity index (χ2n) is 4.91. The van der Waals surface area contributed by atoms with E-state index in [0.29, 0.717) is 31.4 Å². The second kappa shape index (κ2) is 4.50. The molecule has 1 aromatic carbocycles. The number of hydrogen-bond donors (Lipinski definition) is 1. The maximum atomic E-state index is 12.3. The van der Waals surface area contributed by atoms with Crippen LogP contribution in [0.4, 0.5) is 0 Å². The molecule has 0 saturated carbocycles. The van der Waals surface area contributed by atoms with E-state index in [1.165, 1.54) is 0 Å². The molecule has 0 aliphatic carbocycles. The Kier molecular flexibility index (Phi) is 2.81. The van der Waals surface area contributed by atoms with Gasteiger partial charge in [0, 0.05) is 18.5 Å². The van der Waals surface area contributed by atoms with Gasteiger partial charge in [0.15, 0.2) is 0 Å². The van der Waals surface area contributed by atoms with Gasteiger partial charge in [-0.15, -0.1) is 0 Å². The number of imide groups is 1. The molecule has 98 valence electrons. The van der Waals surface area contributed by atoms with Crippen LogP contribution in [0.25, 0.3) is 0 Å². The highest BCUT2D eigenvalue weighted by Crippen LogP contribution is 2.26. The third kappa shape index (κ3) is 2.01. The lowest BCUT2D eigenvalue weighted by molar-refractivity contribution is -0.132. The van der Waals surface area contributed by atoms with Crippen molar-refractivity contribution in [2.75, 3.05) is 0 Å². The summed E-state index contributed by atoms with van der Waals surface area (Å²) >= 11 is 0. The first kappa shape index (κ1) is 11.9. The van der Waals surface area contributed by atoms with E-state index in [2.05, 4.69) is 5.32 Å². The van der Waals surface area contributed by atoms with Gasteiger partial charge in [0.1, 0.15) is 6.04 Å². The zero-order chi connectivity index (χ0) is 13.4. The number of carbonyl (C=O) groups is 3. The molecule has 0 spiro atoms. The second-order valence-corrected chi connectivity index (χ2v) is 4.91.